The van der Waals surface area contributed by atoms with E-state index in [1.165, 1.54) is 0 Å². The topological polar surface area (TPSA) is 73.1 Å². The summed E-state index contributed by atoms with van der Waals surface area (Å²) in [4.78, 5) is 8.78. The van der Waals surface area contributed by atoms with Crippen molar-refractivity contribution in [3.05, 3.63) is 34.9 Å². The molecule has 0 unspecified atom stereocenters. The van der Waals surface area contributed by atoms with Gasteiger partial charge in [0.15, 0.2) is 5.13 Å². The number of nitrogen functional groups attached to an aromatic ring is 1. The van der Waals surface area contributed by atoms with E-state index in [0.29, 0.717) is 18.1 Å². The molecule has 0 atom stereocenters. The zero-order valence-electron chi connectivity index (χ0n) is 11.3. The molecule has 0 fully saturated rings. The number of rotatable bonds is 4. The Morgan fingerprint density at radius 3 is 3.00 bits per heavy atom. The lowest BCUT2D eigenvalue weighted by Gasteiger charge is -2.04. The molecule has 2 aromatic heterocycles. The fourth-order valence-electron chi connectivity index (χ4n) is 1.86. The fourth-order valence-corrected chi connectivity index (χ4v) is 3.22. The smallest absolute Gasteiger partial charge is 0.189 e. The van der Waals surface area contributed by atoms with Gasteiger partial charge in [0.05, 0.1) is 33.2 Å². The Balaban J connectivity index is 1.90. The third-order valence-electron chi connectivity index (χ3n) is 2.76. The number of halogens is 1. The molecule has 0 aliphatic carbocycles. The van der Waals surface area contributed by atoms with Gasteiger partial charge in [0.25, 0.3) is 0 Å². The predicted octanol–water partition coefficient (Wildman–Crippen LogP) is 4.18. The van der Waals surface area contributed by atoms with Gasteiger partial charge in [0.2, 0.25) is 0 Å². The van der Waals surface area contributed by atoms with Crippen molar-refractivity contribution in [2.45, 2.75) is 6.92 Å². The summed E-state index contributed by atoms with van der Waals surface area (Å²) in [5.74, 6) is 1.54. The number of anilines is 3. The van der Waals surface area contributed by atoms with E-state index in [2.05, 4.69) is 31.2 Å². The van der Waals surface area contributed by atoms with E-state index in [4.69, 9.17) is 10.5 Å². The Bertz CT molecular complexity index is 790. The Hall–Kier alpha value is -1.86. The van der Waals surface area contributed by atoms with Gasteiger partial charge in [-0.1, -0.05) is 11.3 Å². The Morgan fingerprint density at radius 1 is 1.38 bits per heavy atom. The number of thiazole rings is 1. The van der Waals surface area contributed by atoms with Gasteiger partial charge in [0.1, 0.15) is 11.6 Å². The number of benzene rings is 1. The van der Waals surface area contributed by atoms with Crippen LogP contribution in [0.5, 0.6) is 5.75 Å². The highest BCUT2D eigenvalue weighted by Gasteiger charge is 2.08. The van der Waals surface area contributed by atoms with Crippen LogP contribution in [0.3, 0.4) is 0 Å². The van der Waals surface area contributed by atoms with E-state index < -0.39 is 0 Å². The Labute approximate surface area is 134 Å². The maximum atomic E-state index is 5.68. The molecule has 0 aliphatic heterocycles. The molecule has 7 heteroatoms. The monoisotopic (exact) mass is 364 g/mol. The molecule has 5 nitrogen and oxygen atoms in total. The second kappa shape index (κ2) is 5.87. The molecule has 0 amide bonds. The first kappa shape index (κ1) is 14.1. The molecular weight excluding hydrogens is 352 g/mol. The average Bonchev–Trinajstić information content (AvgIpc) is 2.84. The zero-order chi connectivity index (χ0) is 14.8. The highest BCUT2D eigenvalue weighted by atomic mass is 79.9. The molecular formula is C14H13BrN4OS. The van der Waals surface area contributed by atoms with Crippen LogP contribution >= 0.6 is 27.3 Å². The fraction of sp³-hybridized carbons (Fsp3) is 0.143. The third kappa shape index (κ3) is 3.08. The van der Waals surface area contributed by atoms with Crippen LogP contribution in [0.2, 0.25) is 0 Å². The van der Waals surface area contributed by atoms with Crippen molar-refractivity contribution in [1.29, 1.82) is 0 Å². The van der Waals surface area contributed by atoms with Crippen LogP contribution in [0.15, 0.2) is 34.9 Å². The predicted molar refractivity (Wildman–Crippen MR) is 90.4 cm³/mol. The van der Waals surface area contributed by atoms with Crippen LogP contribution in [-0.4, -0.2) is 16.6 Å². The van der Waals surface area contributed by atoms with E-state index in [1.807, 2.05) is 25.1 Å². The molecule has 0 aliphatic rings. The van der Waals surface area contributed by atoms with E-state index in [-0.39, 0.29) is 0 Å². The van der Waals surface area contributed by atoms with Crippen molar-refractivity contribution in [3.8, 4) is 5.75 Å². The van der Waals surface area contributed by atoms with E-state index in [1.54, 1.807) is 23.6 Å². The SMILES string of the molecule is CCOc1ccc2nc(Nc3ncc(N)cc3Br)sc2c1. The summed E-state index contributed by atoms with van der Waals surface area (Å²) in [6.45, 7) is 2.62. The molecule has 2 heterocycles. The number of pyridine rings is 1. The molecule has 21 heavy (non-hydrogen) atoms. The summed E-state index contributed by atoms with van der Waals surface area (Å²) >= 11 is 4.98. The molecule has 0 spiro atoms. The number of hydrogen-bond acceptors (Lipinski definition) is 6. The maximum Gasteiger partial charge on any atom is 0.189 e. The van der Waals surface area contributed by atoms with Crippen LogP contribution in [-0.2, 0) is 0 Å². The summed E-state index contributed by atoms with van der Waals surface area (Å²) in [6, 6.07) is 7.67. The molecule has 108 valence electrons. The Kier molecular flexibility index (Phi) is 3.94. The Morgan fingerprint density at radius 2 is 2.24 bits per heavy atom. The molecule has 0 radical (unpaired) electrons. The van der Waals surface area contributed by atoms with Gasteiger partial charge in [-0.05, 0) is 47.1 Å². The number of ether oxygens (including phenoxy) is 1. The molecule has 0 saturated heterocycles. The molecule has 0 saturated carbocycles. The van der Waals surface area contributed by atoms with Crippen LogP contribution in [0.4, 0.5) is 16.6 Å². The number of nitrogens with two attached hydrogens (primary N) is 1. The largest absolute Gasteiger partial charge is 0.494 e. The maximum absolute atomic E-state index is 5.68. The van der Waals surface area contributed by atoms with Crippen molar-refractivity contribution < 1.29 is 4.74 Å². The molecule has 0 bridgehead atoms. The summed E-state index contributed by atoms with van der Waals surface area (Å²) in [6.07, 6.45) is 1.60. The quantitative estimate of drug-likeness (QED) is 0.726. The van der Waals surface area contributed by atoms with Crippen molar-refractivity contribution in [2.75, 3.05) is 17.7 Å². The van der Waals surface area contributed by atoms with E-state index >= 15 is 0 Å². The van der Waals surface area contributed by atoms with Gasteiger partial charge < -0.3 is 15.8 Å². The minimum Gasteiger partial charge on any atom is -0.494 e. The lowest BCUT2D eigenvalue weighted by molar-refractivity contribution is 0.341. The van der Waals surface area contributed by atoms with Gasteiger partial charge in [-0.15, -0.1) is 0 Å². The molecule has 3 rings (SSSR count). The van der Waals surface area contributed by atoms with Gasteiger partial charge in [0, 0.05) is 0 Å². The van der Waals surface area contributed by atoms with E-state index in [0.717, 1.165) is 25.6 Å². The van der Waals surface area contributed by atoms with Crippen LogP contribution in [0.25, 0.3) is 10.2 Å². The summed E-state index contributed by atoms with van der Waals surface area (Å²) < 4.78 is 7.37. The van der Waals surface area contributed by atoms with Crippen LogP contribution in [0.1, 0.15) is 6.92 Å². The lowest BCUT2D eigenvalue weighted by Crippen LogP contribution is -1.95. The number of fused-ring (bicyclic) bond motifs is 1. The zero-order valence-corrected chi connectivity index (χ0v) is 13.7. The van der Waals surface area contributed by atoms with Crippen LogP contribution < -0.4 is 15.8 Å². The van der Waals surface area contributed by atoms with Gasteiger partial charge in [-0.3, -0.25) is 0 Å². The van der Waals surface area contributed by atoms with Crippen molar-refractivity contribution in [3.63, 3.8) is 0 Å². The standard InChI is InChI=1S/C14H13BrN4OS/c1-2-20-9-3-4-11-12(6-9)21-14(18-11)19-13-10(15)5-8(16)7-17-13/h3-7H,2,16H2,1H3,(H,17,18,19). The summed E-state index contributed by atoms with van der Waals surface area (Å²) in [7, 11) is 0. The average molecular weight is 365 g/mol. The highest BCUT2D eigenvalue weighted by molar-refractivity contribution is 9.10. The number of hydrogen-bond donors (Lipinski definition) is 2. The summed E-state index contributed by atoms with van der Waals surface area (Å²) in [5.41, 5.74) is 7.22. The summed E-state index contributed by atoms with van der Waals surface area (Å²) in [5, 5.41) is 3.97. The van der Waals surface area contributed by atoms with Crippen LogP contribution in [0, 0.1) is 0 Å². The third-order valence-corrected chi connectivity index (χ3v) is 4.30. The first-order valence-corrected chi connectivity index (χ1v) is 7.98. The molecule has 1 aromatic carbocycles. The molecule has 3 aromatic rings. The van der Waals surface area contributed by atoms with Crippen molar-refractivity contribution in [1.82, 2.24) is 9.97 Å². The second-order valence-corrected chi connectivity index (χ2v) is 6.19. The van der Waals surface area contributed by atoms with Gasteiger partial charge >= 0.3 is 0 Å². The number of nitrogens with one attached hydrogen (secondary N) is 1. The minimum absolute atomic E-state index is 0.609. The van der Waals surface area contributed by atoms with Crippen molar-refractivity contribution in [2.24, 2.45) is 0 Å². The lowest BCUT2D eigenvalue weighted by atomic mass is 10.3. The first-order valence-electron chi connectivity index (χ1n) is 6.37. The van der Waals surface area contributed by atoms with Gasteiger partial charge in [-0.25, -0.2) is 9.97 Å². The molecule has 3 N–H and O–H groups in total. The number of aromatic nitrogens is 2. The first-order chi connectivity index (χ1) is 10.2. The normalized spacial score (nSPS) is 10.8. The van der Waals surface area contributed by atoms with Crippen molar-refractivity contribution >= 4 is 54.1 Å². The minimum atomic E-state index is 0.609. The second-order valence-electron chi connectivity index (χ2n) is 4.31. The van der Waals surface area contributed by atoms with E-state index in [9.17, 15) is 0 Å². The van der Waals surface area contributed by atoms with Gasteiger partial charge in [-0.2, -0.15) is 0 Å². The highest BCUT2D eigenvalue weighted by Crippen LogP contribution is 2.32. The number of nitrogens with zero attached hydrogens (tertiary/aromatic N) is 2.